The number of fused-ring (bicyclic) bond motifs is 1. The van der Waals surface area contributed by atoms with Crippen LogP contribution in [0.1, 0.15) is 31.7 Å². The molecule has 1 saturated carbocycles. The quantitative estimate of drug-likeness (QED) is 0.644. The number of halogens is 3. The topological polar surface area (TPSA) is 115 Å². The van der Waals surface area contributed by atoms with Crippen molar-refractivity contribution in [3.8, 4) is 17.3 Å². The minimum atomic E-state index is -4.47. The van der Waals surface area contributed by atoms with Gasteiger partial charge in [-0.25, -0.2) is 14.8 Å². The normalized spacial score (nSPS) is 24.9. The molecule has 0 aromatic carbocycles. The van der Waals surface area contributed by atoms with Gasteiger partial charge in [-0.1, -0.05) is 0 Å². The summed E-state index contributed by atoms with van der Waals surface area (Å²) in [6.45, 7) is 3.63. The summed E-state index contributed by atoms with van der Waals surface area (Å²) in [5.41, 5.74) is 2.41. The molecule has 0 radical (unpaired) electrons. The summed E-state index contributed by atoms with van der Waals surface area (Å²) in [6.07, 6.45) is 3.46. The fourth-order valence-corrected chi connectivity index (χ4v) is 5.34. The number of hydrogen-bond donors (Lipinski definition) is 2. The van der Waals surface area contributed by atoms with Gasteiger partial charge in [0.05, 0.1) is 29.9 Å². The zero-order valence-corrected chi connectivity index (χ0v) is 19.9. The Bertz CT molecular complexity index is 1160. The highest BCUT2D eigenvalue weighted by Gasteiger charge is 2.49. The molecule has 0 bridgehead atoms. The number of nitrogens with zero attached hydrogens (tertiary/aromatic N) is 7. The molecule has 3 aliphatic rings. The van der Waals surface area contributed by atoms with Gasteiger partial charge in [-0.05, 0) is 26.2 Å². The molecule has 1 atom stereocenters. The lowest BCUT2D eigenvalue weighted by Gasteiger charge is -2.52. The molecule has 2 aromatic rings. The number of anilines is 1. The van der Waals surface area contributed by atoms with Gasteiger partial charge in [0, 0.05) is 56.1 Å². The molecular formula is C23H28F3N9O. The SMILES string of the molecule is C[C@H](NC(=O)N1CCN(C2CC(CC#N)(n3cc(-c4ncnc5c4CCN5)cn3)C2)CC1)C(F)(F)F. The molecule has 2 fully saturated rings. The number of amides is 2. The molecule has 2 aromatic heterocycles. The maximum absolute atomic E-state index is 12.7. The minimum absolute atomic E-state index is 0.220. The molecule has 36 heavy (non-hydrogen) atoms. The Balaban J connectivity index is 1.21. The van der Waals surface area contributed by atoms with Crippen molar-refractivity contribution in [2.45, 2.75) is 56.4 Å². The highest BCUT2D eigenvalue weighted by Crippen LogP contribution is 2.45. The number of carbonyl (C=O) groups excluding carboxylic acids is 1. The molecule has 2 amide bonds. The standard InChI is InChI=1S/C23H28F3N9O/c1-15(23(24,25)26)32-21(36)34-8-6-33(7-9-34)17-10-22(11-17,3-4-27)35-13-16(12-31-35)19-18-2-5-28-20(18)30-14-29-19/h12-15,17H,2-3,5-11H2,1H3,(H,32,36)(H,28,29,30)/t15-,17?,22?/m0/s1. The Kier molecular flexibility index (Phi) is 6.23. The van der Waals surface area contributed by atoms with E-state index in [9.17, 15) is 23.2 Å². The van der Waals surface area contributed by atoms with E-state index in [0.29, 0.717) is 32.6 Å². The highest BCUT2D eigenvalue weighted by molar-refractivity contribution is 5.74. The molecule has 1 saturated heterocycles. The van der Waals surface area contributed by atoms with Crippen LogP contribution in [0.15, 0.2) is 18.7 Å². The predicted octanol–water partition coefficient (Wildman–Crippen LogP) is 2.36. The van der Waals surface area contributed by atoms with E-state index >= 15 is 0 Å². The van der Waals surface area contributed by atoms with Gasteiger partial charge in [0.15, 0.2) is 0 Å². The number of piperazine rings is 1. The van der Waals surface area contributed by atoms with E-state index in [0.717, 1.165) is 55.4 Å². The van der Waals surface area contributed by atoms with Crippen LogP contribution in [0.4, 0.5) is 23.8 Å². The van der Waals surface area contributed by atoms with Crippen molar-refractivity contribution in [3.63, 3.8) is 0 Å². The van der Waals surface area contributed by atoms with Crippen LogP contribution in [0, 0.1) is 11.3 Å². The molecule has 10 nitrogen and oxygen atoms in total. The first kappa shape index (κ1) is 24.3. The van der Waals surface area contributed by atoms with E-state index in [2.05, 4.69) is 31.4 Å². The van der Waals surface area contributed by atoms with Crippen LogP contribution >= 0.6 is 0 Å². The molecule has 13 heteroatoms. The van der Waals surface area contributed by atoms with Crippen molar-refractivity contribution in [3.05, 3.63) is 24.3 Å². The number of alkyl halides is 3. The molecule has 4 heterocycles. The summed E-state index contributed by atoms with van der Waals surface area (Å²) in [6, 6.07) is -0.0536. The van der Waals surface area contributed by atoms with Crippen LogP contribution in [0.5, 0.6) is 0 Å². The van der Waals surface area contributed by atoms with Crippen molar-refractivity contribution >= 4 is 11.8 Å². The van der Waals surface area contributed by atoms with Crippen LogP contribution in [0.3, 0.4) is 0 Å². The van der Waals surface area contributed by atoms with Gasteiger partial charge in [0.25, 0.3) is 0 Å². The average Bonchev–Trinajstić information content (AvgIpc) is 3.50. The first-order chi connectivity index (χ1) is 17.2. The lowest BCUT2D eigenvalue weighted by Crippen LogP contribution is -2.62. The van der Waals surface area contributed by atoms with Gasteiger partial charge in [0.1, 0.15) is 18.2 Å². The maximum Gasteiger partial charge on any atom is 0.408 e. The van der Waals surface area contributed by atoms with Crippen molar-refractivity contribution < 1.29 is 18.0 Å². The fraction of sp³-hybridized carbons (Fsp3) is 0.609. The van der Waals surface area contributed by atoms with Crippen molar-refractivity contribution in [1.29, 1.82) is 5.26 Å². The van der Waals surface area contributed by atoms with Crippen molar-refractivity contribution in [2.75, 3.05) is 38.0 Å². The summed E-state index contributed by atoms with van der Waals surface area (Å²) in [4.78, 5) is 24.6. The van der Waals surface area contributed by atoms with E-state index in [-0.39, 0.29) is 6.04 Å². The van der Waals surface area contributed by atoms with Gasteiger partial charge in [-0.15, -0.1) is 0 Å². The van der Waals surface area contributed by atoms with Gasteiger partial charge in [0.2, 0.25) is 0 Å². The van der Waals surface area contributed by atoms with Crippen molar-refractivity contribution in [1.82, 2.24) is 34.9 Å². The number of urea groups is 1. The number of hydrogen-bond acceptors (Lipinski definition) is 7. The monoisotopic (exact) mass is 503 g/mol. The van der Waals surface area contributed by atoms with Crippen LogP contribution in [0.2, 0.25) is 0 Å². The van der Waals surface area contributed by atoms with Gasteiger partial charge in [-0.3, -0.25) is 9.58 Å². The molecule has 192 valence electrons. The van der Waals surface area contributed by atoms with E-state index in [1.54, 1.807) is 6.20 Å². The summed E-state index contributed by atoms with van der Waals surface area (Å²) in [5, 5.41) is 19.4. The highest BCUT2D eigenvalue weighted by atomic mass is 19.4. The average molecular weight is 504 g/mol. The number of rotatable bonds is 5. The Morgan fingerprint density at radius 1 is 1.31 bits per heavy atom. The smallest absolute Gasteiger partial charge is 0.369 e. The van der Waals surface area contributed by atoms with E-state index in [1.165, 1.54) is 11.2 Å². The Morgan fingerprint density at radius 3 is 2.75 bits per heavy atom. The molecular weight excluding hydrogens is 475 g/mol. The Labute approximate surface area is 206 Å². The van der Waals surface area contributed by atoms with Crippen LogP contribution in [0.25, 0.3) is 11.3 Å². The van der Waals surface area contributed by atoms with Gasteiger partial charge in [-0.2, -0.15) is 23.5 Å². The molecule has 2 N–H and O–H groups in total. The summed E-state index contributed by atoms with van der Waals surface area (Å²) >= 11 is 0. The third-order valence-electron chi connectivity index (χ3n) is 7.54. The minimum Gasteiger partial charge on any atom is -0.369 e. The molecule has 0 unspecified atom stereocenters. The Morgan fingerprint density at radius 2 is 2.06 bits per heavy atom. The van der Waals surface area contributed by atoms with E-state index < -0.39 is 23.8 Å². The second kappa shape index (κ2) is 9.24. The van der Waals surface area contributed by atoms with Crippen LogP contribution < -0.4 is 10.6 Å². The fourth-order valence-electron chi connectivity index (χ4n) is 5.34. The summed E-state index contributed by atoms with van der Waals surface area (Å²) in [5.74, 6) is 0.851. The number of carbonyl (C=O) groups is 1. The molecule has 5 rings (SSSR count). The Hall–Kier alpha value is -3.40. The first-order valence-electron chi connectivity index (χ1n) is 12.1. The van der Waals surface area contributed by atoms with Gasteiger partial charge < -0.3 is 15.5 Å². The third-order valence-corrected chi connectivity index (χ3v) is 7.54. The second-order valence-corrected chi connectivity index (χ2v) is 9.76. The number of nitriles is 1. The van der Waals surface area contributed by atoms with Crippen LogP contribution in [-0.2, 0) is 12.0 Å². The number of nitrogens with one attached hydrogen (secondary N) is 2. The maximum atomic E-state index is 12.7. The van der Waals surface area contributed by atoms with E-state index in [1.807, 2.05) is 16.2 Å². The van der Waals surface area contributed by atoms with Crippen molar-refractivity contribution in [2.24, 2.45) is 0 Å². The molecule has 0 spiro atoms. The molecule has 2 aliphatic heterocycles. The largest absolute Gasteiger partial charge is 0.408 e. The zero-order valence-electron chi connectivity index (χ0n) is 19.9. The number of aromatic nitrogens is 4. The zero-order chi connectivity index (χ0) is 25.5. The first-order valence-corrected chi connectivity index (χ1v) is 12.1. The second-order valence-electron chi connectivity index (χ2n) is 9.76. The summed E-state index contributed by atoms with van der Waals surface area (Å²) < 4.78 is 40.1. The lowest BCUT2D eigenvalue weighted by atomic mass is 9.70. The van der Waals surface area contributed by atoms with E-state index in [4.69, 9.17) is 0 Å². The third kappa shape index (κ3) is 4.45. The lowest BCUT2D eigenvalue weighted by molar-refractivity contribution is -0.149. The predicted molar refractivity (Wildman–Crippen MR) is 124 cm³/mol. The summed E-state index contributed by atoms with van der Waals surface area (Å²) in [7, 11) is 0. The molecule has 1 aliphatic carbocycles. The van der Waals surface area contributed by atoms with Gasteiger partial charge >= 0.3 is 12.2 Å². The van der Waals surface area contributed by atoms with Crippen LogP contribution in [-0.4, -0.2) is 86.6 Å².